The molecule has 1 aliphatic rings. The Kier molecular flexibility index (Phi) is 9.05. The largest absolute Gasteiger partial charge is 0.447 e. The molecule has 1 aliphatic carbocycles. The quantitative estimate of drug-likeness (QED) is 0.271. The van der Waals surface area contributed by atoms with Gasteiger partial charge in [-0.2, -0.15) is 13.2 Å². The number of ether oxygens (including phenoxy) is 1. The topological polar surface area (TPSA) is 135 Å². The van der Waals surface area contributed by atoms with E-state index < -0.39 is 28.0 Å². The van der Waals surface area contributed by atoms with Crippen LogP contribution in [0.4, 0.5) is 29.7 Å². The molecule has 0 radical (unpaired) electrons. The highest BCUT2D eigenvalue weighted by Crippen LogP contribution is 2.46. The molecule has 3 aromatic rings. The van der Waals surface area contributed by atoms with Crippen molar-refractivity contribution in [3.63, 3.8) is 0 Å². The van der Waals surface area contributed by atoms with Gasteiger partial charge in [-0.15, -0.1) is 11.3 Å². The number of carbonyl (C=O) groups is 1. The number of alkyl halides is 3. The maximum absolute atomic E-state index is 14.2. The number of oxazole rings is 1. The highest BCUT2D eigenvalue weighted by molar-refractivity contribution is 7.89. The zero-order valence-corrected chi connectivity index (χ0v) is 23.7. The van der Waals surface area contributed by atoms with Crippen molar-refractivity contribution in [2.75, 3.05) is 11.9 Å². The lowest BCUT2D eigenvalue weighted by molar-refractivity contribution is -0.140. The van der Waals surface area contributed by atoms with Gasteiger partial charge in [0, 0.05) is 29.8 Å². The summed E-state index contributed by atoms with van der Waals surface area (Å²) in [6.07, 6.45) is -0.757. The number of anilines is 2. The number of thiazole rings is 1. The number of alkyl carbamates (subject to hydrolysis) is 1. The second-order valence-electron chi connectivity index (χ2n) is 9.55. The predicted molar refractivity (Wildman–Crippen MR) is 143 cm³/mol. The Bertz CT molecular complexity index is 1420. The first-order valence-electron chi connectivity index (χ1n) is 12.7. The molecule has 1 fully saturated rings. The van der Waals surface area contributed by atoms with Gasteiger partial charge in [-0.25, -0.2) is 27.9 Å². The second kappa shape index (κ2) is 12.1. The van der Waals surface area contributed by atoms with Crippen molar-refractivity contribution >= 4 is 39.2 Å². The maximum atomic E-state index is 14.2. The van der Waals surface area contributed by atoms with E-state index in [-0.39, 0.29) is 56.7 Å². The van der Waals surface area contributed by atoms with E-state index in [2.05, 4.69) is 25.3 Å². The zero-order chi connectivity index (χ0) is 29.1. The van der Waals surface area contributed by atoms with Crippen LogP contribution in [0.25, 0.3) is 10.4 Å². The molecule has 0 bridgehead atoms. The van der Waals surface area contributed by atoms with Crippen molar-refractivity contribution in [1.82, 2.24) is 20.0 Å². The van der Waals surface area contributed by atoms with Gasteiger partial charge < -0.3 is 19.8 Å². The fourth-order valence-corrected chi connectivity index (χ4v) is 7.11. The second-order valence-corrected chi connectivity index (χ2v) is 12.3. The monoisotopic (exact) mass is 601 g/mol. The summed E-state index contributed by atoms with van der Waals surface area (Å²) in [5.41, 5.74) is -0.973. The number of hydrogen-bond donors (Lipinski definition) is 3. The molecule has 1 saturated carbocycles. The lowest BCUT2D eigenvalue weighted by atomic mass is 9.86. The molecule has 10 nitrogen and oxygen atoms in total. The summed E-state index contributed by atoms with van der Waals surface area (Å²) in [7, 11) is -4.18. The molecule has 40 heavy (non-hydrogen) atoms. The lowest BCUT2D eigenvalue weighted by Crippen LogP contribution is -2.38. The first-order valence-corrected chi connectivity index (χ1v) is 15.0. The number of nitrogens with zero attached hydrogens (tertiary/aromatic N) is 2. The number of sulfonamides is 1. The van der Waals surface area contributed by atoms with Gasteiger partial charge in [0.25, 0.3) is 6.01 Å². The first kappa shape index (κ1) is 29.8. The molecule has 15 heteroatoms. The molecule has 3 N–H and O–H groups in total. The van der Waals surface area contributed by atoms with Crippen LogP contribution in [0.1, 0.15) is 63.1 Å². The van der Waals surface area contributed by atoms with E-state index in [9.17, 15) is 26.4 Å². The van der Waals surface area contributed by atoms with Crippen LogP contribution in [0, 0.1) is 0 Å². The van der Waals surface area contributed by atoms with Gasteiger partial charge in [0.15, 0.2) is 5.69 Å². The van der Waals surface area contributed by atoms with Crippen molar-refractivity contribution < 1.29 is 35.5 Å². The highest BCUT2D eigenvalue weighted by Gasteiger charge is 2.40. The van der Waals surface area contributed by atoms with Crippen LogP contribution in [0.3, 0.4) is 0 Å². The van der Waals surface area contributed by atoms with Crippen molar-refractivity contribution in [1.29, 1.82) is 0 Å². The van der Waals surface area contributed by atoms with Gasteiger partial charge in [-0.1, -0.05) is 13.0 Å². The normalized spacial score (nSPS) is 18.1. The van der Waals surface area contributed by atoms with Gasteiger partial charge in [-0.05, 0) is 51.7 Å². The SMILES string of the molecule is CCNS(=O)(=O)c1cc(Nc2ncco2)ccc1-c1sc(C2CCC(NC(=O)OC(C)C)CC2)nc1C(F)(F)F. The van der Waals surface area contributed by atoms with E-state index in [1.807, 2.05) is 0 Å². The van der Waals surface area contributed by atoms with Gasteiger partial charge in [0.05, 0.1) is 27.1 Å². The van der Waals surface area contributed by atoms with Crippen LogP contribution in [0.15, 0.2) is 40.0 Å². The molecule has 0 unspecified atom stereocenters. The Labute approximate surface area is 233 Å². The average Bonchev–Trinajstić information content (AvgIpc) is 3.54. The highest BCUT2D eigenvalue weighted by atomic mass is 32.2. The zero-order valence-electron chi connectivity index (χ0n) is 22.0. The van der Waals surface area contributed by atoms with Crippen molar-refractivity contribution in [3.8, 4) is 10.4 Å². The van der Waals surface area contributed by atoms with E-state index in [0.29, 0.717) is 25.7 Å². The average molecular weight is 602 g/mol. The van der Waals surface area contributed by atoms with E-state index in [4.69, 9.17) is 9.15 Å². The number of aromatic nitrogens is 2. The number of nitrogens with one attached hydrogen (secondary N) is 3. The Morgan fingerprint density at radius 1 is 1.23 bits per heavy atom. The molecule has 2 aromatic heterocycles. The van der Waals surface area contributed by atoms with E-state index in [1.54, 1.807) is 20.8 Å². The number of rotatable bonds is 9. The van der Waals surface area contributed by atoms with Gasteiger partial charge in [0.2, 0.25) is 10.0 Å². The summed E-state index contributed by atoms with van der Waals surface area (Å²) < 4.78 is 81.5. The Morgan fingerprint density at radius 3 is 2.55 bits per heavy atom. The lowest BCUT2D eigenvalue weighted by Gasteiger charge is -2.28. The van der Waals surface area contributed by atoms with Crippen LogP contribution >= 0.6 is 11.3 Å². The van der Waals surface area contributed by atoms with Gasteiger partial charge in [0.1, 0.15) is 6.26 Å². The smallest absolute Gasteiger partial charge is 0.434 e. The van der Waals surface area contributed by atoms with Crippen LogP contribution in [-0.4, -0.2) is 43.2 Å². The minimum absolute atomic E-state index is 0.0429. The van der Waals surface area contributed by atoms with Crippen LogP contribution < -0.4 is 15.4 Å². The third-order valence-corrected chi connectivity index (χ3v) is 9.02. The molecular formula is C25H30F3N5O5S2. The van der Waals surface area contributed by atoms with E-state index in [1.165, 1.54) is 30.7 Å². The number of amides is 1. The summed E-state index contributed by atoms with van der Waals surface area (Å²) in [6.45, 7) is 5.10. The van der Waals surface area contributed by atoms with Crippen LogP contribution in [-0.2, 0) is 20.9 Å². The first-order chi connectivity index (χ1) is 18.9. The molecule has 1 aromatic carbocycles. The fourth-order valence-electron chi connectivity index (χ4n) is 4.47. The molecule has 0 saturated heterocycles. The number of carbonyl (C=O) groups excluding carboxylic acids is 1. The summed E-state index contributed by atoms with van der Waals surface area (Å²) in [4.78, 5) is 19.2. The minimum atomic E-state index is -4.81. The summed E-state index contributed by atoms with van der Waals surface area (Å²) in [5, 5.41) is 5.88. The Hall–Kier alpha value is -3.17. The minimum Gasteiger partial charge on any atom is -0.447 e. The molecule has 2 heterocycles. The van der Waals surface area contributed by atoms with Gasteiger partial charge >= 0.3 is 12.3 Å². The van der Waals surface area contributed by atoms with Crippen LogP contribution in [0.2, 0.25) is 0 Å². The van der Waals surface area contributed by atoms with Crippen LogP contribution in [0.5, 0.6) is 0 Å². The Morgan fingerprint density at radius 2 is 1.95 bits per heavy atom. The van der Waals surface area contributed by atoms with Gasteiger partial charge in [-0.3, -0.25) is 0 Å². The van der Waals surface area contributed by atoms with Crippen molar-refractivity contribution in [2.24, 2.45) is 0 Å². The number of halogens is 3. The number of benzene rings is 1. The summed E-state index contributed by atoms with van der Waals surface area (Å²) >= 11 is 0.842. The summed E-state index contributed by atoms with van der Waals surface area (Å²) in [5.74, 6) is -0.265. The molecule has 218 valence electrons. The number of hydrogen-bond acceptors (Lipinski definition) is 9. The maximum Gasteiger partial charge on any atom is 0.434 e. The molecule has 0 atom stereocenters. The fraction of sp³-hybridized carbons (Fsp3) is 0.480. The molecule has 1 amide bonds. The van der Waals surface area contributed by atoms with Crippen molar-refractivity contribution in [3.05, 3.63) is 41.4 Å². The Balaban J connectivity index is 1.66. The predicted octanol–water partition coefficient (Wildman–Crippen LogP) is 6.02. The van der Waals surface area contributed by atoms with E-state index in [0.717, 1.165) is 11.3 Å². The molecule has 0 spiro atoms. The summed E-state index contributed by atoms with van der Waals surface area (Å²) in [6, 6.07) is 3.97. The molecule has 0 aliphatic heterocycles. The third-order valence-electron chi connectivity index (χ3n) is 6.19. The standard InChI is InChI=1S/C25H30F3N5O5S2/c1-4-30-40(35,36)19-13-17(31-23-29-11-12-37-23)9-10-18(19)20-21(25(26,27)28)33-22(39-20)15-5-7-16(8-6-15)32-24(34)38-14(2)3/h9-16,30H,4-8H2,1-3H3,(H,29,31)(H,32,34). The van der Waals surface area contributed by atoms with Crippen molar-refractivity contribution in [2.45, 2.75) is 75.6 Å². The molecular weight excluding hydrogens is 571 g/mol. The molecule has 4 rings (SSSR count). The third kappa shape index (κ3) is 7.12. The van der Waals surface area contributed by atoms with E-state index >= 15 is 0 Å².